The van der Waals surface area contributed by atoms with Gasteiger partial charge in [-0.15, -0.1) is 5.10 Å². The maximum absolute atomic E-state index is 12.6. The molecule has 0 aliphatic carbocycles. The molecule has 6 nitrogen and oxygen atoms in total. The number of hydrogen-bond acceptors (Lipinski definition) is 6. The lowest BCUT2D eigenvalue weighted by atomic mass is 9.93. The molecule has 1 unspecified atom stereocenters. The molecule has 0 saturated carbocycles. The molecular formula is C25H28N4O2S. The van der Waals surface area contributed by atoms with E-state index in [0.29, 0.717) is 23.3 Å². The average molecular weight is 449 g/mol. The first-order valence-electron chi connectivity index (χ1n) is 10.8. The highest BCUT2D eigenvalue weighted by molar-refractivity contribution is 7.99. The summed E-state index contributed by atoms with van der Waals surface area (Å²) in [7, 11) is 0. The minimum Gasteiger partial charge on any atom is -0.489 e. The first kappa shape index (κ1) is 22.1. The predicted molar refractivity (Wildman–Crippen MR) is 128 cm³/mol. The molecule has 1 atom stereocenters. The van der Waals surface area contributed by atoms with Crippen LogP contribution in [0.5, 0.6) is 5.75 Å². The van der Waals surface area contributed by atoms with E-state index in [4.69, 9.17) is 9.84 Å². The molecule has 4 rings (SSSR count). The van der Waals surface area contributed by atoms with Gasteiger partial charge < -0.3 is 10.1 Å². The number of carbonyl (C=O) groups excluding carboxylic acids is 1. The van der Waals surface area contributed by atoms with Gasteiger partial charge in [0.1, 0.15) is 18.4 Å². The third-order valence-electron chi connectivity index (χ3n) is 5.48. The first-order valence-corrected chi connectivity index (χ1v) is 11.8. The van der Waals surface area contributed by atoms with E-state index in [1.165, 1.54) is 5.56 Å². The Morgan fingerprint density at radius 3 is 2.75 bits per heavy atom. The van der Waals surface area contributed by atoms with Crippen molar-refractivity contribution in [2.75, 3.05) is 11.1 Å². The number of nitrogens with one attached hydrogen (secondary N) is 1. The quantitative estimate of drug-likeness (QED) is 0.456. The van der Waals surface area contributed by atoms with Crippen LogP contribution in [0.1, 0.15) is 49.9 Å². The molecule has 1 aromatic heterocycles. The summed E-state index contributed by atoms with van der Waals surface area (Å²) in [5, 5.41) is 8.70. The lowest BCUT2D eigenvalue weighted by Gasteiger charge is -2.28. The molecule has 7 heteroatoms. The number of ketones is 1. The molecule has 2 heterocycles. The smallest absolute Gasteiger partial charge is 0.227 e. The summed E-state index contributed by atoms with van der Waals surface area (Å²) in [6.45, 7) is 8.21. The molecule has 0 radical (unpaired) electrons. The molecule has 3 aromatic rings. The van der Waals surface area contributed by atoms with Gasteiger partial charge in [0.25, 0.3) is 0 Å². The van der Waals surface area contributed by atoms with Gasteiger partial charge in [-0.2, -0.15) is 4.98 Å². The van der Waals surface area contributed by atoms with E-state index in [0.717, 1.165) is 34.7 Å². The Kier molecular flexibility index (Phi) is 6.65. The molecule has 1 aliphatic heterocycles. The van der Waals surface area contributed by atoms with Crippen molar-refractivity contribution < 1.29 is 9.53 Å². The van der Waals surface area contributed by atoms with E-state index in [2.05, 4.69) is 36.3 Å². The summed E-state index contributed by atoms with van der Waals surface area (Å²) in [5.74, 6) is 2.37. The van der Waals surface area contributed by atoms with Crippen molar-refractivity contribution >= 4 is 23.5 Å². The Labute approximate surface area is 193 Å². The highest BCUT2D eigenvalue weighted by atomic mass is 32.2. The van der Waals surface area contributed by atoms with Crippen molar-refractivity contribution in [3.05, 3.63) is 76.5 Å². The topological polar surface area (TPSA) is 69.0 Å². The van der Waals surface area contributed by atoms with Crippen LogP contribution in [0.15, 0.2) is 65.0 Å². The third-order valence-corrected chi connectivity index (χ3v) is 6.52. The molecule has 0 bridgehead atoms. The van der Waals surface area contributed by atoms with E-state index >= 15 is 0 Å². The third kappa shape index (κ3) is 4.58. The molecule has 1 aliphatic rings. The van der Waals surface area contributed by atoms with Crippen LogP contribution >= 0.6 is 11.8 Å². The number of ether oxygens (including phenoxy) is 1. The molecule has 0 amide bonds. The summed E-state index contributed by atoms with van der Waals surface area (Å²) in [5.41, 5.74) is 4.78. The van der Waals surface area contributed by atoms with Gasteiger partial charge in [-0.3, -0.25) is 4.79 Å². The maximum Gasteiger partial charge on any atom is 0.227 e. The Morgan fingerprint density at radius 1 is 1.19 bits per heavy atom. The van der Waals surface area contributed by atoms with Crippen LogP contribution in [-0.2, 0) is 11.4 Å². The van der Waals surface area contributed by atoms with Gasteiger partial charge >= 0.3 is 0 Å². The van der Waals surface area contributed by atoms with Crippen LogP contribution in [0.25, 0.3) is 0 Å². The molecule has 0 spiro atoms. The number of aryl methyl sites for hydroxylation is 1. The van der Waals surface area contributed by atoms with Gasteiger partial charge in [-0.25, -0.2) is 4.68 Å². The average Bonchev–Trinajstić information content (AvgIpc) is 3.18. The van der Waals surface area contributed by atoms with Crippen LogP contribution < -0.4 is 10.1 Å². The molecule has 32 heavy (non-hydrogen) atoms. The van der Waals surface area contributed by atoms with Crippen LogP contribution in [0, 0.1) is 6.92 Å². The van der Waals surface area contributed by atoms with Crippen LogP contribution in [0.4, 0.5) is 5.95 Å². The van der Waals surface area contributed by atoms with Gasteiger partial charge in [0.15, 0.2) is 5.78 Å². The molecule has 0 saturated heterocycles. The number of Topliss-reactive ketones (excluding diaryl/α,β-unsaturated/α-hetero) is 1. The van der Waals surface area contributed by atoms with Gasteiger partial charge in [-0.1, -0.05) is 55.1 Å². The van der Waals surface area contributed by atoms with E-state index in [-0.39, 0.29) is 11.8 Å². The Bertz CT molecular complexity index is 1170. The molecule has 1 N–H and O–H groups in total. The number of fused-ring (bicyclic) bond motifs is 1. The second-order valence-corrected chi connectivity index (χ2v) is 8.98. The summed E-state index contributed by atoms with van der Waals surface area (Å²) < 4.78 is 7.93. The Hall–Kier alpha value is -3.06. The van der Waals surface area contributed by atoms with Crippen molar-refractivity contribution in [3.8, 4) is 5.75 Å². The van der Waals surface area contributed by atoms with Gasteiger partial charge in [-0.05, 0) is 56.0 Å². The highest BCUT2D eigenvalue weighted by Crippen LogP contribution is 2.37. The molecule has 0 fully saturated rings. The number of allylic oxidation sites excluding steroid dienone is 2. The molecule has 2 aromatic carbocycles. The second-order valence-electron chi connectivity index (χ2n) is 7.92. The number of aromatic nitrogens is 3. The number of benzene rings is 2. The summed E-state index contributed by atoms with van der Waals surface area (Å²) in [4.78, 5) is 17.3. The predicted octanol–water partition coefficient (Wildman–Crippen LogP) is 5.55. The molecule has 166 valence electrons. The fourth-order valence-electron chi connectivity index (χ4n) is 3.86. The van der Waals surface area contributed by atoms with Gasteiger partial charge in [0.2, 0.25) is 11.1 Å². The largest absolute Gasteiger partial charge is 0.489 e. The van der Waals surface area contributed by atoms with Crippen molar-refractivity contribution in [2.45, 2.75) is 51.9 Å². The van der Waals surface area contributed by atoms with E-state index in [1.54, 1.807) is 18.7 Å². The van der Waals surface area contributed by atoms with Crippen molar-refractivity contribution in [3.63, 3.8) is 0 Å². The maximum atomic E-state index is 12.6. The number of carbonyl (C=O) groups is 1. The number of rotatable bonds is 8. The number of thioether (sulfide) groups is 1. The lowest BCUT2D eigenvalue weighted by molar-refractivity contribution is -0.114. The van der Waals surface area contributed by atoms with E-state index < -0.39 is 0 Å². The molecular weight excluding hydrogens is 420 g/mol. The van der Waals surface area contributed by atoms with Crippen molar-refractivity contribution in [1.29, 1.82) is 0 Å². The monoisotopic (exact) mass is 448 g/mol. The minimum absolute atomic E-state index is 0.00939. The SMILES string of the molecule is CCCSc1nc2n(n1)C(c1cccc(OCc3ccccc3C)c1)C(C(C)=O)=C(C)N2. The highest BCUT2D eigenvalue weighted by Gasteiger charge is 2.32. The fourth-order valence-corrected chi connectivity index (χ4v) is 4.54. The number of hydrogen-bond donors (Lipinski definition) is 1. The standard InChI is InChI=1S/C25H28N4O2S/c1-5-13-32-25-27-24-26-17(3)22(18(4)30)23(29(24)28-25)19-11-8-12-21(14-19)31-15-20-10-7-6-9-16(20)2/h6-12,14,23H,5,13,15H2,1-4H3,(H,26,27,28). The summed E-state index contributed by atoms with van der Waals surface area (Å²) in [6, 6.07) is 15.8. The van der Waals surface area contributed by atoms with Crippen LogP contribution in [0.2, 0.25) is 0 Å². The normalized spacial score (nSPS) is 15.3. The Balaban J connectivity index is 1.67. The summed E-state index contributed by atoms with van der Waals surface area (Å²) >= 11 is 1.62. The van der Waals surface area contributed by atoms with Gasteiger partial charge in [0.05, 0.1) is 0 Å². The van der Waals surface area contributed by atoms with Gasteiger partial charge in [0, 0.05) is 17.0 Å². The van der Waals surface area contributed by atoms with E-state index in [9.17, 15) is 4.79 Å². The fraction of sp³-hybridized carbons (Fsp3) is 0.320. The Morgan fingerprint density at radius 2 is 2.00 bits per heavy atom. The minimum atomic E-state index is -0.353. The zero-order valence-electron chi connectivity index (χ0n) is 18.9. The zero-order valence-corrected chi connectivity index (χ0v) is 19.7. The summed E-state index contributed by atoms with van der Waals surface area (Å²) in [6.07, 6.45) is 1.04. The second kappa shape index (κ2) is 9.61. The van der Waals surface area contributed by atoms with Crippen molar-refractivity contribution in [1.82, 2.24) is 14.8 Å². The van der Waals surface area contributed by atoms with Crippen LogP contribution in [-0.4, -0.2) is 26.3 Å². The van der Waals surface area contributed by atoms with Crippen molar-refractivity contribution in [2.24, 2.45) is 0 Å². The lowest BCUT2D eigenvalue weighted by Crippen LogP contribution is -2.27. The number of anilines is 1. The zero-order chi connectivity index (χ0) is 22.7. The first-order chi connectivity index (χ1) is 15.5. The van der Waals surface area contributed by atoms with Crippen LogP contribution in [0.3, 0.4) is 0 Å². The van der Waals surface area contributed by atoms with E-state index in [1.807, 2.05) is 48.0 Å². The number of nitrogens with zero attached hydrogens (tertiary/aromatic N) is 3.